The van der Waals surface area contributed by atoms with Crippen molar-refractivity contribution in [2.45, 2.75) is 26.1 Å². The first kappa shape index (κ1) is 21.8. The van der Waals surface area contributed by atoms with Crippen molar-refractivity contribution in [3.63, 3.8) is 0 Å². The van der Waals surface area contributed by atoms with E-state index in [1.54, 1.807) is 0 Å². The van der Waals surface area contributed by atoms with Crippen molar-refractivity contribution in [2.24, 2.45) is 0 Å². The molecule has 124 valence electrons. The predicted molar refractivity (Wildman–Crippen MR) is 70.8 cm³/mol. The number of unbranched alkanes of at least 4 members (excludes halogenated alkanes) is 1. The van der Waals surface area contributed by atoms with Crippen molar-refractivity contribution in [3.8, 4) is 5.75 Å². The van der Waals surface area contributed by atoms with Crippen LogP contribution in [-0.2, 0) is 16.0 Å². The normalized spacial score (nSPS) is 12.0. The molecular formula is C12H13F3LiNO5S. The maximum atomic E-state index is 12.0. The minimum atomic E-state index is -4.86. The smallest absolute Gasteiger partial charge is 0.755 e. The molecule has 1 unspecified atom stereocenters. The number of nitrogens with zero attached hydrogens (tertiary/aromatic N) is 1. The van der Waals surface area contributed by atoms with E-state index in [0.717, 1.165) is 30.7 Å². The first-order valence-corrected chi connectivity index (χ1v) is 7.20. The summed E-state index contributed by atoms with van der Waals surface area (Å²) >= 11 is -2.97. The molecule has 0 bridgehead atoms. The van der Waals surface area contributed by atoms with Crippen molar-refractivity contribution in [2.75, 3.05) is 10.9 Å². The van der Waals surface area contributed by atoms with Crippen LogP contribution in [0.4, 0.5) is 23.7 Å². The van der Waals surface area contributed by atoms with Crippen LogP contribution >= 0.6 is 0 Å². The van der Waals surface area contributed by atoms with Crippen LogP contribution in [0.15, 0.2) is 24.3 Å². The average molecular weight is 347 g/mol. The fourth-order valence-electron chi connectivity index (χ4n) is 1.40. The van der Waals surface area contributed by atoms with Gasteiger partial charge < -0.3 is 14.0 Å². The molecule has 0 heterocycles. The van der Waals surface area contributed by atoms with Gasteiger partial charge in [-0.2, -0.15) is 0 Å². The van der Waals surface area contributed by atoms with E-state index in [1.807, 2.05) is 6.92 Å². The number of rotatable bonds is 6. The Labute approximate surface area is 145 Å². The van der Waals surface area contributed by atoms with Gasteiger partial charge in [0.05, 0.1) is 23.6 Å². The molecule has 0 aliphatic rings. The molecule has 0 fully saturated rings. The monoisotopic (exact) mass is 347 g/mol. The molecule has 1 aromatic rings. The number of carbonyl (C=O) groups is 1. The van der Waals surface area contributed by atoms with Gasteiger partial charge in [0, 0.05) is 0 Å². The van der Waals surface area contributed by atoms with Gasteiger partial charge in [0.2, 0.25) is 0 Å². The van der Waals surface area contributed by atoms with E-state index >= 15 is 0 Å². The summed E-state index contributed by atoms with van der Waals surface area (Å²) in [7, 11) is 0. The van der Waals surface area contributed by atoms with Crippen LogP contribution in [0.3, 0.4) is 0 Å². The second-order valence-corrected chi connectivity index (χ2v) is 4.82. The molecule has 1 rings (SSSR count). The number of ether oxygens (including phenoxy) is 2. The number of hydrogen-bond acceptors (Lipinski definition) is 5. The fourth-order valence-corrected chi connectivity index (χ4v) is 1.87. The van der Waals surface area contributed by atoms with Gasteiger partial charge in [-0.25, -0.2) is 9.10 Å². The Morgan fingerprint density at radius 3 is 2.30 bits per heavy atom. The summed E-state index contributed by atoms with van der Waals surface area (Å²) in [6, 6.07) is 3.78. The minimum Gasteiger partial charge on any atom is -0.755 e. The van der Waals surface area contributed by atoms with E-state index in [2.05, 4.69) is 4.74 Å². The van der Waals surface area contributed by atoms with E-state index in [1.165, 1.54) is 0 Å². The Balaban J connectivity index is 0.00000484. The number of amides is 1. The zero-order valence-electron chi connectivity index (χ0n) is 12.5. The molecule has 23 heavy (non-hydrogen) atoms. The summed E-state index contributed by atoms with van der Waals surface area (Å²) in [6.45, 7) is 1.90. The topological polar surface area (TPSA) is 78.9 Å². The molecule has 0 radical (unpaired) electrons. The molecule has 1 atom stereocenters. The fraction of sp³-hybridized carbons (Fsp3) is 0.417. The molecule has 0 aliphatic heterocycles. The first-order valence-electron chi connectivity index (χ1n) is 6.16. The van der Waals surface area contributed by atoms with E-state index < -0.39 is 29.5 Å². The molecule has 0 aliphatic carbocycles. The molecule has 0 aromatic heterocycles. The largest absolute Gasteiger partial charge is 1.00 e. The molecular weight excluding hydrogens is 334 g/mol. The summed E-state index contributed by atoms with van der Waals surface area (Å²) in [5, 5.41) is 0. The van der Waals surface area contributed by atoms with E-state index in [4.69, 9.17) is 4.74 Å². The number of halogens is 3. The minimum absolute atomic E-state index is 0. The first-order chi connectivity index (χ1) is 10.2. The zero-order valence-corrected chi connectivity index (χ0v) is 13.3. The zero-order chi connectivity index (χ0) is 16.8. The van der Waals surface area contributed by atoms with Gasteiger partial charge in [-0.1, -0.05) is 13.3 Å². The summed E-state index contributed by atoms with van der Waals surface area (Å²) in [5.74, 6) is -0.535. The number of anilines is 1. The average Bonchev–Trinajstić information content (AvgIpc) is 2.39. The molecule has 0 saturated heterocycles. The molecule has 6 nitrogen and oxygen atoms in total. The Kier molecular flexibility index (Phi) is 9.30. The summed E-state index contributed by atoms with van der Waals surface area (Å²) < 4.78 is 67.0. The summed E-state index contributed by atoms with van der Waals surface area (Å²) in [6.07, 6.45) is -4.69. The molecule has 1 aromatic carbocycles. The van der Waals surface area contributed by atoms with E-state index in [-0.39, 0.29) is 31.2 Å². The third-order valence-electron chi connectivity index (χ3n) is 2.34. The SMILES string of the molecule is CCCCOC(=O)N(c1ccc(OC(F)(F)F)cc1)S(=O)[O-].[Li+]. The Hall–Kier alpha value is -1.21. The quantitative estimate of drug-likeness (QED) is 0.415. The summed E-state index contributed by atoms with van der Waals surface area (Å²) in [5.41, 5.74) is -0.163. The van der Waals surface area contributed by atoms with Gasteiger partial charge in [0.25, 0.3) is 0 Å². The Morgan fingerprint density at radius 1 is 1.30 bits per heavy atom. The van der Waals surface area contributed by atoms with E-state index in [9.17, 15) is 26.7 Å². The second-order valence-electron chi connectivity index (χ2n) is 4.02. The number of carbonyl (C=O) groups excluding carboxylic acids is 1. The third kappa shape index (κ3) is 7.74. The summed E-state index contributed by atoms with van der Waals surface area (Å²) in [4.78, 5) is 11.7. The van der Waals surface area contributed by atoms with Crippen molar-refractivity contribution < 1.29 is 55.1 Å². The number of alkyl halides is 3. The van der Waals surface area contributed by atoms with Gasteiger partial charge in [-0.05, 0) is 30.7 Å². The number of benzene rings is 1. The molecule has 0 spiro atoms. The van der Waals surface area contributed by atoms with Crippen LogP contribution in [-0.4, -0.2) is 27.8 Å². The van der Waals surface area contributed by atoms with E-state index in [0.29, 0.717) is 10.7 Å². The van der Waals surface area contributed by atoms with Crippen LogP contribution < -0.4 is 27.9 Å². The maximum absolute atomic E-state index is 12.0. The van der Waals surface area contributed by atoms with Crippen LogP contribution in [0.1, 0.15) is 19.8 Å². The Morgan fingerprint density at radius 2 is 1.87 bits per heavy atom. The van der Waals surface area contributed by atoms with Crippen LogP contribution in [0.25, 0.3) is 0 Å². The van der Waals surface area contributed by atoms with Crippen molar-refractivity contribution in [3.05, 3.63) is 24.3 Å². The second kappa shape index (κ2) is 9.82. The van der Waals surface area contributed by atoms with Gasteiger partial charge in [0.1, 0.15) is 5.75 Å². The molecule has 0 saturated carbocycles. The molecule has 1 amide bonds. The molecule has 0 N–H and O–H groups in total. The van der Waals surface area contributed by atoms with Gasteiger partial charge in [-0.3, -0.25) is 4.21 Å². The Bertz CT molecular complexity index is 526. The maximum Gasteiger partial charge on any atom is 1.00 e. The van der Waals surface area contributed by atoms with Crippen molar-refractivity contribution >= 4 is 23.0 Å². The van der Waals surface area contributed by atoms with Crippen molar-refractivity contribution in [1.29, 1.82) is 0 Å². The van der Waals surface area contributed by atoms with Gasteiger partial charge in [0.15, 0.2) is 0 Å². The van der Waals surface area contributed by atoms with Crippen LogP contribution in [0.2, 0.25) is 0 Å². The number of hydrogen-bond donors (Lipinski definition) is 0. The van der Waals surface area contributed by atoms with Crippen molar-refractivity contribution in [1.82, 2.24) is 0 Å². The van der Waals surface area contributed by atoms with Gasteiger partial charge in [-0.15, -0.1) is 13.2 Å². The van der Waals surface area contributed by atoms with Crippen LogP contribution in [0.5, 0.6) is 5.75 Å². The molecule has 11 heteroatoms. The van der Waals surface area contributed by atoms with Gasteiger partial charge >= 0.3 is 31.3 Å². The third-order valence-corrected chi connectivity index (χ3v) is 3.00. The predicted octanol–water partition coefficient (Wildman–Crippen LogP) is 0.126. The standard InChI is InChI=1S/C12H14F3NO5S.Li/c1-2-3-8-20-11(17)16(22(18)19)9-4-6-10(7-5-9)21-12(13,14)15;/h4-7H,2-3,8H2,1H3,(H,18,19);/q;+1/p-1. The van der Waals surface area contributed by atoms with Crippen LogP contribution in [0, 0.1) is 0 Å².